The number of hydrogen-bond acceptors (Lipinski definition) is 2. The van der Waals surface area contributed by atoms with Crippen LogP contribution < -0.4 is 5.32 Å². The Labute approximate surface area is 180 Å². The van der Waals surface area contributed by atoms with Gasteiger partial charge < -0.3 is 10.2 Å². The van der Waals surface area contributed by atoms with Crippen LogP contribution in [0.4, 0.5) is 26.3 Å². The molecule has 0 bridgehead atoms. The highest BCUT2D eigenvalue weighted by molar-refractivity contribution is 5.97. The number of alkyl halides is 6. The Morgan fingerprint density at radius 3 is 2.22 bits per heavy atom. The van der Waals surface area contributed by atoms with Crippen molar-refractivity contribution in [3.05, 3.63) is 70.8 Å². The van der Waals surface area contributed by atoms with Crippen LogP contribution in [0.2, 0.25) is 0 Å². The third kappa shape index (κ3) is 5.80. The summed E-state index contributed by atoms with van der Waals surface area (Å²) in [5, 5.41) is 2.48. The van der Waals surface area contributed by atoms with Crippen LogP contribution in [0.15, 0.2) is 48.5 Å². The van der Waals surface area contributed by atoms with E-state index in [1.165, 1.54) is 23.1 Å². The van der Waals surface area contributed by atoms with Gasteiger partial charge in [-0.1, -0.05) is 18.2 Å². The molecule has 1 aliphatic heterocycles. The number of carbonyl (C=O) groups is 2. The van der Waals surface area contributed by atoms with Gasteiger partial charge in [0, 0.05) is 18.7 Å². The van der Waals surface area contributed by atoms with Gasteiger partial charge in [0.2, 0.25) is 5.91 Å². The molecule has 1 fully saturated rings. The summed E-state index contributed by atoms with van der Waals surface area (Å²) in [6.45, 7) is 0.226. The van der Waals surface area contributed by atoms with Gasteiger partial charge >= 0.3 is 12.4 Å². The maximum absolute atomic E-state index is 13.0. The van der Waals surface area contributed by atoms with E-state index in [0.717, 1.165) is 24.3 Å². The van der Waals surface area contributed by atoms with Crippen LogP contribution in [0.5, 0.6) is 0 Å². The number of nitrogens with one attached hydrogen (secondary N) is 1. The Kier molecular flexibility index (Phi) is 6.80. The van der Waals surface area contributed by atoms with E-state index in [0.29, 0.717) is 25.5 Å². The zero-order valence-electron chi connectivity index (χ0n) is 16.8. The van der Waals surface area contributed by atoms with Gasteiger partial charge in [0.25, 0.3) is 5.91 Å². The molecule has 1 saturated heterocycles. The molecule has 2 amide bonds. The van der Waals surface area contributed by atoms with Crippen molar-refractivity contribution in [3.8, 4) is 0 Å². The number of rotatable bonds is 4. The van der Waals surface area contributed by atoms with Crippen LogP contribution in [0.25, 0.3) is 0 Å². The summed E-state index contributed by atoms with van der Waals surface area (Å²) in [4.78, 5) is 26.8. The average molecular weight is 458 g/mol. The molecule has 0 spiro atoms. The van der Waals surface area contributed by atoms with Gasteiger partial charge in [-0.2, -0.15) is 26.3 Å². The lowest BCUT2D eigenvalue weighted by Crippen LogP contribution is -2.47. The van der Waals surface area contributed by atoms with Crippen molar-refractivity contribution in [2.45, 2.75) is 44.2 Å². The van der Waals surface area contributed by atoms with Crippen molar-refractivity contribution >= 4 is 11.8 Å². The van der Waals surface area contributed by atoms with Crippen molar-refractivity contribution in [3.63, 3.8) is 0 Å². The molecule has 0 radical (unpaired) electrons. The van der Waals surface area contributed by atoms with Gasteiger partial charge in [-0.05, 0) is 55.2 Å². The number of likely N-dealkylation sites (tertiary alicyclic amines) is 1. The fourth-order valence-electron chi connectivity index (χ4n) is 3.54. The number of nitrogens with zero attached hydrogens (tertiary/aromatic N) is 1. The minimum Gasteiger partial charge on any atom is -0.340 e. The number of halogens is 6. The highest BCUT2D eigenvalue weighted by Crippen LogP contribution is 2.31. The van der Waals surface area contributed by atoms with E-state index in [-0.39, 0.29) is 24.1 Å². The summed E-state index contributed by atoms with van der Waals surface area (Å²) < 4.78 is 77.6. The zero-order chi connectivity index (χ0) is 23.5. The predicted octanol–water partition coefficient (Wildman–Crippen LogP) is 5.04. The first-order chi connectivity index (χ1) is 14.9. The summed E-state index contributed by atoms with van der Waals surface area (Å²) in [6.07, 6.45) is -7.70. The molecule has 0 aromatic heterocycles. The second-order valence-corrected chi connectivity index (χ2v) is 7.56. The van der Waals surface area contributed by atoms with Crippen LogP contribution in [-0.4, -0.2) is 29.3 Å². The van der Waals surface area contributed by atoms with E-state index < -0.39 is 41.3 Å². The van der Waals surface area contributed by atoms with Crippen molar-refractivity contribution < 1.29 is 35.9 Å². The Hall–Kier alpha value is -3.04. The molecule has 0 aliphatic carbocycles. The smallest absolute Gasteiger partial charge is 0.340 e. The van der Waals surface area contributed by atoms with Crippen molar-refractivity contribution in [2.24, 2.45) is 0 Å². The maximum atomic E-state index is 13.0. The first-order valence-electron chi connectivity index (χ1n) is 9.88. The molecule has 2 aromatic carbocycles. The summed E-state index contributed by atoms with van der Waals surface area (Å²) >= 11 is 0. The minimum atomic E-state index is -4.61. The molecule has 4 nitrogen and oxygen atoms in total. The Morgan fingerprint density at radius 1 is 0.938 bits per heavy atom. The Balaban J connectivity index is 1.73. The SMILES string of the molecule is O=C(NC1CCCCN(Cc2cccc(C(F)(F)F)c2)C1=O)c1cccc(C(F)(F)F)c1. The van der Waals surface area contributed by atoms with E-state index in [1.54, 1.807) is 0 Å². The van der Waals surface area contributed by atoms with Crippen LogP contribution in [0, 0.1) is 0 Å². The van der Waals surface area contributed by atoms with Crippen molar-refractivity contribution in [1.29, 1.82) is 0 Å². The summed E-state index contributed by atoms with van der Waals surface area (Å²) in [5.74, 6) is -1.31. The Bertz CT molecular complexity index is 987. The first-order valence-corrected chi connectivity index (χ1v) is 9.88. The topological polar surface area (TPSA) is 49.4 Å². The fraction of sp³-hybridized carbons (Fsp3) is 0.364. The largest absolute Gasteiger partial charge is 0.416 e. The molecule has 1 unspecified atom stereocenters. The lowest BCUT2D eigenvalue weighted by Gasteiger charge is -2.25. The zero-order valence-corrected chi connectivity index (χ0v) is 16.8. The monoisotopic (exact) mass is 458 g/mol. The van der Waals surface area contributed by atoms with Crippen LogP contribution in [0.3, 0.4) is 0 Å². The lowest BCUT2D eigenvalue weighted by atomic mass is 10.1. The highest BCUT2D eigenvalue weighted by atomic mass is 19.4. The van der Waals surface area contributed by atoms with Gasteiger partial charge in [0.05, 0.1) is 11.1 Å². The molecule has 172 valence electrons. The molecule has 1 N–H and O–H groups in total. The van der Waals surface area contributed by atoms with Crippen molar-refractivity contribution in [2.75, 3.05) is 6.54 Å². The van der Waals surface area contributed by atoms with E-state index in [1.807, 2.05) is 0 Å². The van der Waals surface area contributed by atoms with Crippen LogP contribution in [0.1, 0.15) is 46.3 Å². The standard InChI is InChI=1S/C22H20F6N2O2/c23-21(24,25)16-7-3-5-14(11-16)13-30-10-2-1-9-18(20(30)32)29-19(31)15-6-4-8-17(12-15)22(26,27)28/h3-8,11-12,18H,1-2,9-10,13H2,(H,29,31). The molecule has 1 atom stereocenters. The normalized spacial score (nSPS) is 17.8. The molecule has 1 heterocycles. The van der Waals surface area contributed by atoms with Crippen LogP contribution >= 0.6 is 0 Å². The predicted molar refractivity (Wildman–Crippen MR) is 103 cm³/mol. The van der Waals surface area contributed by atoms with E-state index in [9.17, 15) is 35.9 Å². The van der Waals surface area contributed by atoms with E-state index in [4.69, 9.17) is 0 Å². The molecular weight excluding hydrogens is 438 g/mol. The third-order valence-corrected chi connectivity index (χ3v) is 5.17. The average Bonchev–Trinajstić information content (AvgIpc) is 2.89. The fourth-order valence-corrected chi connectivity index (χ4v) is 3.54. The van der Waals surface area contributed by atoms with E-state index >= 15 is 0 Å². The molecule has 2 aromatic rings. The molecule has 1 aliphatic rings. The third-order valence-electron chi connectivity index (χ3n) is 5.17. The maximum Gasteiger partial charge on any atom is 0.416 e. The number of amides is 2. The van der Waals surface area contributed by atoms with Crippen molar-refractivity contribution in [1.82, 2.24) is 10.2 Å². The Morgan fingerprint density at radius 2 is 1.56 bits per heavy atom. The molecule has 0 saturated carbocycles. The summed E-state index contributed by atoms with van der Waals surface area (Å²) in [5.41, 5.74) is -1.76. The summed E-state index contributed by atoms with van der Waals surface area (Å²) in [7, 11) is 0. The lowest BCUT2D eigenvalue weighted by molar-refractivity contribution is -0.138. The minimum absolute atomic E-state index is 0.0708. The van der Waals surface area contributed by atoms with Gasteiger partial charge in [0.1, 0.15) is 6.04 Å². The molecule has 10 heteroatoms. The van der Waals surface area contributed by atoms with Gasteiger partial charge in [-0.3, -0.25) is 9.59 Å². The van der Waals surface area contributed by atoms with E-state index in [2.05, 4.69) is 5.32 Å². The number of carbonyl (C=O) groups excluding carboxylic acids is 2. The number of hydrogen-bond donors (Lipinski definition) is 1. The summed E-state index contributed by atoms with van der Waals surface area (Å²) in [6, 6.07) is 7.52. The van der Waals surface area contributed by atoms with Crippen LogP contribution in [-0.2, 0) is 23.7 Å². The molecular formula is C22H20F6N2O2. The van der Waals surface area contributed by atoms with Gasteiger partial charge in [-0.15, -0.1) is 0 Å². The van der Waals surface area contributed by atoms with Gasteiger partial charge in [-0.25, -0.2) is 0 Å². The number of benzene rings is 2. The second kappa shape index (κ2) is 9.22. The quantitative estimate of drug-likeness (QED) is 0.653. The molecule has 3 rings (SSSR count). The van der Waals surface area contributed by atoms with Gasteiger partial charge in [0.15, 0.2) is 0 Å². The first kappa shape index (κ1) is 23.6. The second-order valence-electron chi connectivity index (χ2n) is 7.56. The highest BCUT2D eigenvalue weighted by Gasteiger charge is 2.33. The molecule has 32 heavy (non-hydrogen) atoms.